The van der Waals surface area contributed by atoms with Crippen LogP contribution in [0.2, 0.25) is 0 Å². The number of rotatable bonds is 1. The Bertz CT molecular complexity index is 505. The van der Waals surface area contributed by atoms with Gasteiger partial charge in [0.1, 0.15) is 9.22 Å². The van der Waals surface area contributed by atoms with Crippen LogP contribution in [0.25, 0.3) is 11.0 Å². The Balaban J connectivity index is 2.08. The number of ether oxygens (including phenoxy) is 1. The zero-order valence-corrected chi connectivity index (χ0v) is 10.9. The van der Waals surface area contributed by atoms with Gasteiger partial charge in [0.2, 0.25) is 0 Å². The Hall–Kier alpha value is -0.690. The minimum Gasteiger partial charge on any atom is -0.356 e. The van der Waals surface area contributed by atoms with E-state index in [9.17, 15) is 0 Å². The lowest BCUT2D eigenvalue weighted by Gasteiger charge is -2.23. The lowest BCUT2D eigenvalue weighted by molar-refractivity contribution is -0.0368. The second kappa shape index (κ2) is 4.29. The van der Waals surface area contributed by atoms with E-state index in [1.807, 2.05) is 10.7 Å². The molecule has 84 valence electrons. The van der Waals surface area contributed by atoms with E-state index in [0.717, 1.165) is 34.2 Å². The van der Waals surface area contributed by atoms with E-state index in [-0.39, 0.29) is 6.23 Å². The fourth-order valence-electron chi connectivity index (χ4n) is 2.07. The van der Waals surface area contributed by atoms with Gasteiger partial charge in [0.15, 0.2) is 6.23 Å². The number of nitrogens with zero attached hydrogens (tertiary/aromatic N) is 3. The van der Waals surface area contributed by atoms with Crippen LogP contribution in [-0.2, 0) is 4.74 Å². The molecule has 4 nitrogen and oxygen atoms in total. The van der Waals surface area contributed by atoms with Crippen molar-refractivity contribution in [2.75, 3.05) is 6.61 Å². The lowest BCUT2D eigenvalue weighted by atomic mass is 10.2. The zero-order chi connectivity index (χ0) is 11.0. The molecular formula is C11H12IN3O. The van der Waals surface area contributed by atoms with Gasteiger partial charge in [-0.3, -0.25) is 4.98 Å². The van der Waals surface area contributed by atoms with E-state index in [1.165, 1.54) is 6.42 Å². The van der Waals surface area contributed by atoms with E-state index in [2.05, 4.69) is 38.7 Å². The SMILES string of the molecule is Ic1nn(C2CCCCO2)c2cccnc12. The highest BCUT2D eigenvalue weighted by Gasteiger charge is 2.20. The van der Waals surface area contributed by atoms with Crippen LogP contribution in [0.5, 0.6) is 0 Å². The monoisotopic (exact) mass is 329 g/mol. The second-order valence-electron chi connectivity index (χ2n) is 3.93. The van der Waals surface area contributed by atoms with Crippen LogP contribution >= 0.6 is 22.6 Å². The topological polar surface area (TPSA) is 39.9 Å². The molecule has 0 bridgehead atoms. The van der Waals surface area contributed by atoms with Crippen LogP contribution in [-0.4, -0.2) is 21.4 Å². The van der Waals surface area contributed by atoms with Gasteiger partial charge in [-0.15, -0.1) is 0 Å². The largest absolute Gasteiger partial charge is 0.356 e. The molecule has 1 aliphatic heterocycles. The third kappa shape index (κ3) is 1.71. The number of hydrogen-bond acceptors (Lipinski definition) is 3. The van der Waals surface area contributed by atoms with Crippen LogP contribution in [0.1, 0.15) is 25.5 Å². The molecule has 1 fully saturated rings. The van der Waals surface area contributed by atoms with Gasteiger partial charge in [-0.25, -0.2) is 4.68 Å². The fraction of sp³-hybridized carbons (Fsp3) is 0.455. The predicted molar refractivity (Wildman–Crippen MR) is 69.1 cm³/mol. The Morgan fingerprint density at radius 3 is 3.19 bits per heavy atom. The zero-order valence-electron chi connectivity index (χ0n) is 8.77. The number of fused-ring (bicyclic) bond motifs is 1. The van der Waals surface area contributed by atoms with E-state index in [4.69, 9.17) is 4.74 Å². The highest BCUT2D eigenvalue weighted by atomic mass is 127. The van der Waals surface area contributed by atoms with Gasteiger partial charge in [0, 0.05) is 12.8 Å². The minimum atomic E-state index is 0.0870. The molecule has 16 heavy (non-hydrogen) atoms. The van der Waals surface area contributed by atoms with Crippen LogP contribution in [0, 0.1) is 3.70 Å². The number of halogens is 1. The third-order valence-corrected chi connectivity index (χ3v) is 3.58. The summed E-state index contributed by atoms with van der Waals surface area (Å²) in [6.07, 6.45) is 5.30. The molecule has 0 amide bonds. The standard InChI is InChI=1S/C11H12IN3O/c12-11-10-8(4-3-6-13-10)15(14-11)9-5-1-2-7-16-9/h3-4,6,9H,1-2,5,7H2. The first kappa shape index (κ1) is 10.5. The summed E-state index contributed by atoms with van der Waals surface area (Å²) in [5.74, 6) is 0. The molecule has 5 heteroatoms. The van der Waals surface area contributed by atoms with Crippen molar-refractivity contribution in [2.45, 2.75) is 25.5 Å². The van der Waals surface area contributed by atoms with Crippen molar-refractivity contribution in [3.8, 4) is 0 Å². The molecule has 0 N–H and O–H groups in total. The van der Waals surface area contributed by atoms with Gasteiger partial charge in [0.05, 0.1) is 5.52 Å². The summed E-state index contributed by atoms with van der Waals surface area (Å²) < 4.78 is 8.68. The molecule has 2 aromatic heterocycles. The van der Waals surface area contributed by atoms with Gasteiger partial charge in [-0.1, -0.05) is 0 Å². The molecule has 0 spiro atoms. The summed E-state index contributed by atoms with van der Waals surface area (Å²) >= 11 is 2.23. The molecule has 1 atom stereocenters. The number of aromatic nitrogens is 3. The van der Waals surface area contributed by atoms with Gasteiger partial charge >= 0.3 is 0 Å². The Morgan fingerprint density at radius 2 is 2.38 bits per heavy atom. The molecular weight excluding hydrogens is 317 g/mol. The minimum absolute atomic E-state index is 0.0870. The van der Waals surface area contributed by atoms with Crippen molar-refractivity contribution in [1.82, 2.24) is 14.8 Å². The van der Waals surface area contributed by atoms with E-state index in [0.29, 0.717) is 0 Å². The van der Waals surface area contributed by atoms with Crippen molar-refractivity contribution in [2.24, 2.45) is 0 Å². The molecule has 0 saturated carbocycles. The molecule has 1 unspecified atom stereocenters. The lowest BCUT2D eigenvalue weighted by Crippen LogP contribution is -2.19. The van der Waals surface area contributed by atoms with Crippen LogP contribution < -0.4 is 0 Å². The van der Waals surface area contributed by atoms with Crippen LogP contribution in [0.15, 0.2) is 18.3 Å². The van der Waals surface area contributed by atoms with Crippen LogP contribution in [0.3, 0.4) is 0 Å². The summed E-state index contributed by atoms with van der Waals surface area (Å²) in [6.45, 7) is 0.836. The van der Waals surface area contributed by atoms with Gasteiger partial charge in [0.25, 0.3) is 0 Å². The van der Waals surface area contributed by atoms with E-state index >= 15 is 0 Å². The average Bonchev–Trinajstić information content (AvgIpc) is 2.69. The Kier molecular flexibility index (Phi) is 2.81. The molecule has 0 aliphatic carbocycles. The summed E-state index contributed by atoms with van der Waals surface area (Å²) in [5.41, 5.74) is 2.04. The first-order valence-corrected chi connectivity index (χ1v) is 6.54. The van der Waals surface area contributed by atoms with Crippen molar-refractivity contribution in [3.05, 3.63) is 22.0 Å². The van der Waals surface area contributed by atoms with Crippen molar-refractivity contribution in [3.63, 3.8) is 0 Å². The summed E-state index contributed by atoms with van der Waals surface area (Å²) in [4.78, 5) is 4.35. The molecule has 3 heterocycles. The smallest absolute Gasteiger partial charge is 0.150 e. The quantitative estimate of drug-likeness (QED) is 0.756. The van der Waals surface area contributed by atoms with Gasteiger partial charge < -0.3 is 4.74 Å². The van der Waals surface area contributed by atoms with E-state index in [1.54, 1.807) is 6.20 Å². The molecule has 3 rings (SSSR count). The molecule has 1 aliphatic rings. The molecule has 0 radical (unpaired) electrons. The molecule has 2 aromatic rings. The summed E-state index contributed by atoms with van der Waals surface area (Å²) in [5, 5.41) is 4.53. The van der Waals surface area contributed by atoms with Gasteiger partial charge in [-0.2, -0.15) is 5.10 Å². The summed E-state index contributed by atoms with van der Waals surface area (Å²) in [7, 11) is 0. The van der Waals surface area contributed by atoms with Crippen molar-refractivity contribution < 1.29 is 4.74 Å². The van der Waals surface area contributed by atoms with Crippen LogP contribution in [0.4, 0.5) is 0 Å². The first-order valence-electron chi connectivity index (χ1n) is 5.46. The Morgan fingerprint density at radius 1 is 1.44 bits per heavy atom. The molecule has 0 aromatic carbocycles. The Labute approximate surface area is 107 Å². The second-order valence-corrected chi connectivity index (χ2v) is 4.95. The number of hydrogen-bond donors (Lipinski definition) is 0. The maximum Gasteiger partial charge on any atom is 0.150 e. The predicted octanol–water partition coefficient (Wildman–Crippen LogP) is 2.74. The van der Waals surface area contributed by atoms with E-state index < -0.39 is 0 Å². The normalized spacial score (nSPS) is 21.4. The van der Waals surface area contributed by atoms with Gasteiger partial charge in [-0.05, 0) is 54.0 Å². The average molecular weight is 329 g/mol. The highest BCUT2D eigenvalue weighted by Crippen LogP contribution is 2.27. The maximum absolute atomic E-state index is 5.75. The first-order chi connectivity index (χ1) is 7.86. The van der Waals surface area contributed by atoms with Crippen molar-refractivity contribution in [1.29, 1.82) is 0 Å². The van der Waals surface area contributed by atoms with Crippen molar-refractivity contribution >= 4 is 33.6 Å². The molecule has 1 saturated heterocycles. The highest BCUT2D eigenvalue weighted by molar-refractivity contribution is 14.1. The maximum atomic E-state index is 5.75. The fourth-order valence-corrected chi connectivity index (χ4v) is 2.72. The summed E-state index contributed by atoms with van der Waals surface area (Å²) in [6, 6.07) is 3.99. The number of pyridine rings is 1. The third-order valence-electron chi connectivity index (χ3n) is 2.85.